The van der Waals surface area contributed by atoms with Gasteiger partial charge in [-0.25, -0.2) is 0 Å². The van der Waals surface area contributed by atoms with Gasteiger partial charge in [0.05, 0.1) is 17.7 Å². The Kier molecular flexibility index (Phi) is 6.91. The van der Waals surface area contributed by atoms with Crippen molar-refractivity contribution in [2.45, 2.75) is 38.5 Å². The Morgan fingerprint density at radius 3 is 2.16 bits per heavy atom. The van der Waals surface area contributed by atoms with E-state index in [4.69, 9.17) is 9.26 Å². The number of esters is 1. The molecule has 0 aliphatic heterocycles. The van der Waals surface area contributed by atoms with Crippen molar-refractivity contribution >= 4 is 11.9 Å². The Morgan fingerprint density at radius 1 is 0.919 bits per heavy atom. The number of aryl methyl sites for hydroxylation is 1. The lowest BCUT2D eigenvalue weighted by molar-refractivity contribution is -0.146. The van der Waals surface area contributed by atoms with Gasteiger partial charge in [0.15, 0.2) is 5.76 Å². The fourth-order valence-electron chi connectivity index (χ4n) is 4.69. The number of nitrogens with zero attached hydrogens (tertiary/aromatic N) is 1. The average molecular weight is 495 g/mol. The summed E-state index contributed by atoms with van der Waals surface area (Å²) in [6.07, 6.45) is 2.41. The highest BCUT2D eigenvalue weighted by Crippen LogP contribution is 2.49. The molecule has 1 N–H and O–H groups in total. The van der Waals surface area contributed by atoms with Crippen LogP contribution < -0.4 is 5.32 Å². The number of benzene rings is 3. The summed E-state index contributed by atoms with van der Waals surface area (Å²) >= 11 is 0. The van der Waals surface area contributed by atoms with E-state index in [1.165, 1.54) is 5.56 Å². The van der Waals surface area contributed by atoms with Crippen molar-refractivity contribution < 1.29 is 18.8 Å². The maximum Gasteiger partial charge on any atom is 0.316 e. The van der Waals surface area contributed by atoms with Crippen LogP contribution in [-0.4, -0.2) is 30.2 Å². The standard InChI is InChI=1S/C31H30N2O4/c1-3-36-30(35)31(18-19-31)26-15-13-24(14-16-26)23-9-11-25(12-10-23)28-27(21(2)33-37-28)29(34)32-20-17-22-7-5-4-6-8-22/h4-16H,3,17-20H2,1-2H3,(H,32,34). The van der Waals surface area contributed by atoms with Crippen LogP contribution in [0, 0.1) is 6.92 Å². The molecule has 1 fully saturated rings. The summed E-state index contributed by atoms with van der Waals surface area (Å²) in [5, 5.41) is 7.04. The molecule has 1 aliphatic carbocycles. The van der Waals surface area contributed by atoms with Gasteiger partial charge in [0.2, 0.25) is 0 Å². The molecule has 1 heterocycles. The molecule has 0 saturated heterocycles. The summed E-state index contributed by atoms with van der Waals surface area (Å²) < 4.78 is 10.8. The Hall–Kier alpha value is -4.19. The van der Waals surface area contributed by atoms with Gasteiger partial charge in [0, 0.05) is 12.1 Å². The summed E-state index contributed by atoms with van der Waals surface area (Å²) in [6, 6.07) is 26.0. The molecule has 1 saturated carbocycles. The van der Waals surface area contributed by atoms with Gasteiger partial charge in [0.25, 0.3) is 5.91 Å². The second-order valence-corrected chi connectivity index (χ2v) is 9.42. The molecule has 0 unspecified atom stereocenters. The van der Waals surface area contributed by atoms with E-state index in [2.05, 4.69) is 10.5 Å². The minimum Gasteiger partial charge on any atom is -0.465 e. The molecule has 4 aromatic rings. The second-order valence-electron chi connectivity index (χ2n) is 9.42. The molecule has 0 atom stereocenters. The van der Waals surface area contributed by atoms with E-state index in [-0.39, 0.29) is 11.9 Å². The molecule has 1 aliphatic rings. The average Bonchev–Trinajstić information content (AvgIpc) is 3.66. The highest BCUT2D eigenvalue weighted by Gasteiger charge is 2.52. The fourth-order valence-corrected chi connectivity index (χ4v) is 4.69. The molecule has 188 valence electrons. The van der Waals surface area contributed by atoms with Gasteiger partial charge in [-0.1, -0.05) is 84.0 Å². The maximum absolute atomic E-state index is 13.0. The van der Waals surface area contributed by atoms with Crippen LogP contribution in [0.4, 0.5) is 0 Å². The number of carbonyl (C=O) groups excluding carboxylic acids is 2. The predicted molar refractivity (Wildman–Crippen MR) is 142 cm³/mol. The second kappa shape index (κ2) is 10.4. The van der Waals surface area contributed by atoms with Crippen LogP contribution >= 0.6 is 0 Å². The van der Waals surface area contributed by atoms with Gasteiger partial charge < -0.3 is 14.6 Å². The normalized spacial score (nSPS) is 13.7. The third kappa shape index (κ3) is 5.05. The Labute approximate surface area is 216 Å². The van der Waals surface area contributed by atoms with E-state index in [9.17, 15) is 9.59 Å². The zero-order valence-corrected chi connectivity index (χ0v) is 21.1. The Balaban J connectivity index is 1.28. The van der Waals surface area contributed by atoms with Crippen LogP contribution in [0.2, 0.25) is 0 Å². The third-order valence-corrected chi connectivity index (χ3v) is 6.97. The highest BCUT2D eigenvalue weighted by molar-refractivity contribution is 6.00. The largest absolute Gasteiger partial charge is 0.465 e. The fraction of sp³-hybridized carbons (Fsp3) is 0.258. The molecule has 0 bridgehead atoms. The summed E-state index contributed by atoms with van der Waals surface area (Å²) in [4.78, 5) is 25.4. The molecule has 0 spiro atoms. The smallest absolute Gasteiger partial charge is 0.316 e. The van der Waals surface area contributed by atoms with E-state index in [0.717, 1.165) is 41.5 Å². The first-order chi connectivity index (χ1) is 18.0. The SMILES string of the molecule is CCOC(=O)C1(c2ccc(-c3ccc(-c4onc(C)c4C(=O)NCCc4ccccc4)cc3)cc2)CC1. The molecular weight excluding hydrogens is 464 g/mol. The van der Waals surface area contributed by atoms with Crippen molar-refractivity contribution in [2.24, 2.45) is 0 Å². The maximum atomic E-state index is 13.0. The molecule has 1 amide bonds. The number of nitrogens with one attached hydrogen (secondary N) is 1. The van der Waals surface area contributed by atoms with E-state index >= 15 is 0 Å². The van der Waals surface area contributed by atoms with Crippen LogP contribution in [0.15, 0.2) is 83.4 Å². The predicted octanol–water partition coefficient (Wildman–Crippen LogP) is 5.88. The number of carbonyl (C=O) groups is 2. The quantitative estimate of drug-likeness (QED) is 0.294. The zero-order chi connectivity index (χ0) is 25.8. The number of rotatable bonds is 9. The van der Waals surface area contributed by atoms with E-state index in [1.54, 1.807) is 6.92 Å². The summed E-state index contributed by atoms with van der Waals surface area (Å²) in [6.45, 7) is 4.53. The molecule has 37 heavy (non-hydrogen) atoms. The monoisotopic (exact) mass is 494 g/mol. The summed E-state index contributed by atoms with van der Waals surface area (Å²) in [7, 11) is 0. The molecule has 1 aromatic heterocycles. The van der Waals surface area contributed by atoms with Crippen LogP contribution in [-0.2, 0) is 21.4 Å². The van der Waals surface area contributed by atoms with E-state index < -0.39 is 5.41 Å². The van der Waals surface area contributed by atoms with Crippen LogP contribution in [0.25, 0.3) is 22.5 Å². The lowest BCUT2D eigenvalue weighted by Crippen LogP contribution is -2.26. The van der Waals surface area contributed by atoms with Crippen molar-refractivity contribution in [3.05, 3.63) is 101 Å². The van der Waals surface area contributed by atoms with E-state index in [1.807, 2.05) is 85.8 Å². The molecule has 3 aromatic carbocycles. The van der Waals surface area contributed by atoms with Crippen molar-refractivity contribution in [3.8, 4) is 22.5 Å². The number of amides is 1. The number of hydrogen-bond donors (Lipinski definition) is 1. The Bertz CT molecular complexity index is 1390. The van der Waals surface area contributed by atoms with Gasteiger partial charge >= 0.3 is 5.97 Å². The van der Waals surface area contributed by atoms with Crippen molar-refractivity contribution in [1.29, 1.82) is 0 Å². The third-order valence-electron chi connectivity index (χ3n) is 6.97. The molecule has 0 radical (unpaired) electrons. The molecule has 5 rings (SSSR count). The van der Waals surface area contributed by atoms with E-state index in [0.29, 0.717) is 30.2 Å². The number of ether oxygens (including phenoxy) is 1. The molecule has 6 nitrogen and oxygen atoms in total. The van der Waals surface area contributed by atoms with Crippen molar-refractivity contribution in [2.75, 3.05) is 13.2 Å². The van der Waals surface area contributed by atoms with Gasteiger partial charge in [-0.15, -0.1) is 0 Å². The minimum atomic E-state index is -0.472. The first-order valence-corrected chi connectivity index (χ1v) is 12.7. The van der Waals surface area contributed by atoms with Crippen LogP contribution in [0.5, 0.6) is 0 Å². The molecule has 6 heteroatoms. The first-order valence-electron chi connectivity index (χ1n) is 12.7. The highest BCUT2D eigenvalue weighted by atomic mass is 16.5. The van der Waals surface area contributed by atoms with Gasteiger partial charge in [-0.3, -0.25) is 9.59 Å². The number of hydrogen-bond acceptors (Lipinski definition) is 5. The van der Waals surface area contributed by atoms with Crippen molar-refractivity contribution in [3.63, 3.8) is 0 Å². The summed E-state index contributed by atoms with van der Waals surface area (Å²) in [5.41, 5.74) is 5.58. The summed E-state index contributed by atoms with van der Waals surface area (Å²) in [5.74, 6) is 0.135. The Morgan fingerprint density at radius 2 is 1.54 bits per heavy atom. The number of aromatic nitrogens is 1. The van der Waals surface area contributed by atoms with Crippen LogP contribution in [0.3, 0.4) is 0 Å². The van der Waals surface area contributed by atoms with Gasteiger partial charge in [-0.2, -0.15) is 0 Å². The minimum absolute atomic E-state index is 0.130. The van der Waals surface area contributed by atoms with Gasteiger partial charge in [0.1, 0.15) is 5.56 Å². The zero-order valence-electron chi connectivity index (χ0n) is 21.1. The molecular formula is C31H30N2O4. The van der Waals surface area contributed by atoms with Crippen molar-refractivity contribution in [1.82, 2.24) is 10.5 Å². The first kappa shape index (κ1) is 24.5. The topological polar surface area (TPSA) is 81.4 Å². The van der Waals surface area contributed by atoms with Crippen LogP contribution in [0.1, 0.15) is 46.9 Å². The lowest BCUT2D eigenvalue weighted by Gasteiger charge is -2.14. The van der Waals surface area contributed by atoms with Gasteiger partial charge in [-0.05, 0) is 55.4 Å². The lowest BCUT2D eigenvalue weighted by atomic mass is 9.93.